The average Bonchev–Trinajstić information content (AvgIpc) is 2.83. The monoisotopic (exact) mass is 464 g/mol. The van der Waals surface area contributed by atoms with Crippen molar-refractivity contribution in [3.63, 3.8) is 0 Å². The Bertz CT molecular complexity index is 1130. The third-order valence-electron chi connectivity index (χ3n) is 6.05. The largest absolute Gasteiger partial charge is 0.379 e. The van der Waals surface area contributed by atoms with Crippen LogP contribution in [0.2, 0.25) is 0 Å². The van der Waals surface area contributed by atoms with Crippen LogP contribution in [0.5, 0.6) is 0 Å². The average molecular weight is 465 g/mol. The first-order valence-corrected chi connectivity index (χ1v) is 12.0. The standard InChI is InChI=1S/C26H32N4O2S/c1-20-7-8-24-22(17-20)18-23(25(31)28-24)19-30(12-11-29-13-15-32-16-14-29)26(33)27-10-9-21-5-3-2-4-6-21/h2-8,17-18H,9-16,19H2,1H3,(H,27,33)(H,28,31). The first-order chi connectivity index (χ1) is 16.1. The van der Waals surface area contributed by atoms with Crippen LogP contribution in [0.15, 0.2) is 59.4 Å². The van der Waals surface area contributed by atoms with Crippen molar-refractivity contribution >= 4 is 28.2 Å². The van der Waals surface area contributed by atoms with Gasteiger partial charge < -0.3 is 19.9 Å². The van der Waals surface area contributed by atoms with Crippen molar-refractivity contribution in [3.05, 3.63) is 81.6 Å². The maximum atomic E-state index is 12.8. The van der Waals surface area contributed by atoms with Gasteiger partial charge in [-0.05, 0) is 54.7 Å². The van der Waals surface area contributed by atoms with Crippen molar-refractivity contribution < 1.29 is 4.74 Å². The van der Waals surface area contributed by atoms with Gasteiger partial charge in [-0.3, -0.25) is 9.69 Å². The number of H-pyrrole nitrogens is 1. The van der Waals surface area contributed by atoms with E-state index in [1.54, 1.807) is 0 Å². The molecule has 2 N–H and O–H groups in total. The number of aromatic nitrogens is 1. The number of thiocarbonyl (C=S) groups is 1. The number of hydrogen-bond acceptors (Lipinski definition) is 4. The van der Waals surface area contributed by atoms with E-state index in [1.165, 1.54) is 11.1 Å². The van der Waals surface area contributed by atoms with E-state index in [2.05, 4.69) is 57.4 Å². The van der Waals surface area contributed by atoms with E-state index in [0.717, 1.165) is 68.8 Å². The molecule has 3 aromatic rings. The minimum atomic E-state index is -0.0604. The number of aryl methyl sites for hydroxylation is 1. The minimum absolute atomic E-state index is 0.0604. The van der Waals surface area contributed by atoms with Crippen molar-refractivity contribution in [1.29, 1.82) is 0 Å². The number of ether oxygens (including phenoxy) is 1. The van der Waals surface area contributed by atoms with E-state index < -0.39 is 0 Å². The molecule has 4 rings (SSSR count). The molecule has 1 fully saturated rings. The Morgan fingerprint density at radius 1 is 1.15 bits per heavy atom. The number of hydrogen-bond donors (Lipinski definition) is 2. The molecule has 1 saturated heterocycles. The first kappa shape index (κ1) is 23.4. The molecule has 1 aromatic heterocycles. The second-order valence-corrected chi connectivity index (χ2v) is 8.94. The molecular weight excluding hydrogens is 432 g/mol. The lowest BCUT2D eigenvalue weighted by Crippen LogP contribution is -2.46. The summed E-state index contributed by atoms with van der Waals surface area (Å²) >= 11 is 5.78. The third-order valence-corrected chi connectivity index (χ3v) is 6.45. The van der Waals surface area contributed by atoms with Crippen LogP contribution < -0.4 is 10.9 Å². The number of pyridine rings is 1. The van der Waals surface area contributed by atoms with Gasteiger partial charge in [-0.25, -0.2) is 0 Å². The van der Waals surface area contributed by atoms with Gasteiger partial charge in [0.05, 0.1) is 19.8 Å². The molecule has 33 heavy (non-hydrogen) atoms. The van der Waals surface area contributed by atoms with Crippen LogP contribution in [0.3, 0.4) is 0 Å². The van der Waals surface area contributed by atoms with Gasteiger partial charge in [-0.2, -0.15) is 0 Å². The molecule has 7 heteroatoms. The quantitative estimate of drug-likeness (QED) is 0.500. The lowest BCUT2D eigenvalue weighted by atomic mass is 10.1. The lowest BCUT2D eigenvalue weighted by Gasteiger charge is -2.31. The van der Waals surface area contributed by atoms with Crippen molar-refractivity contribution in [2.24, 2.45) is 0 Å². The molecule has 0 bridgehead atoms. The molecule has 174 valence electrons. The number of morpholine rings is 1. The van der Waals surface area contributed by atoms with E-state index in [4.69, 9.17) is 17.0 Å². The fourth-order valence-corrected chi connectivity index (χ4v) is 4.36. The Labute approximate surface area is 200 Å². The molecule has 0 spiro atoms. The minimum Gasteiger partial charge on any atom is -0.379 e. The highest BCUT2D eigenvalue weighted by Crippen LogP contribution is 2.14. The maximum absolute atomic E-state index is 12.8. The summed E-state index contributed by atoms with van der Waals surface area (Å²) in [6, 6.07) is 18.4. The Morgan fingerprint density at radius 2 is 1.94 bits per heavy atom. The molecule has 2 heterocycles. The fourth-order valence-electron chi connectivity index (χ4n) is 4.10. The molecule has 0 saturated carbocycles. The molecule has 0 radical (unpaired) electrons. The maximum Gasteiger partial charge on any atom is 0.253 e. The molecule has 0 amide bonds. The number of aromatic amines is 1. The van der Waals surface area contributed by atoms with Gasteiger partial charge in [0.15, 0.2) is 5.11 Å². The zero-order valence-corrected chi connectivity index (χ0v) is 20.0. The summed E-state index contributed by atoms with van der Waals surface area (Å²) in [4.78, 5) is 20.3. The Balaban J connectivity index is 1.46. The topological polar surface area (TPSA) is 60.6 Å². The van der Waals surface area contributed by atoms with Crippen LogP contribution in [-0.4, -0.2) is 65.8 Å². The molecular formula is C26H32N4O2S. The summed E-state index contributed by atoms with van der Waals surface area (Å²) in [5.41, 5.74) is 3.96. The second-order valence-electron chi connectivity index (χ2n) is 8.56. The molecule has 0 aliphatic carbocycles. The van der Waals surface area contributed by atoms with Gasteiger partial charge in [-0.1, -0.05) is 42.0 Å². The van der Waals surface area contributed by atoms with E-state index >= 15 is 0 Å². The predicted molar refractivity (Wildman–Crippen MR) is 138 cm³/mol. The van der Waals surface area contributed by atoms with Crippen LogP contribution in [-0.2, 0) is 17.7 Å². The van der Waals surface area contributed by atoms with E-state index in [-0.39, 0.29) is 5.56 Å². The van der Waals surface area contributed by atoms with Gasteiger partial charge >= 0.3 is 0 Å². The van der Waals surface area contributed by atoms with Crippen molar-refractivity contribution in [1.82, 2.24) is 20.1 Å². The Hall–Kier alpha value is -2.74. The summed E-state index contributed by atoms with van der Waals surface area (Å²) < 4.78 is 5.47. The smallest absolute Gasteiger partial charge is 0.253 e. The highest BCUT2D eigenvalue weighted by molar-refractivity contribution is 7.80. The predicted octanol–water partition coefficient (Wildman–Crippen LogP) is 3.09. The molecule has 1 aliphatic heterocycles. The van der Waals surface area contributed by atoms with Crippen molar-refractivity contribution in [2.45, 2.75) is 19.9 Å². The van der Waals surface area contributed by atoms with E-state index in [9.17, 15) is 4.79 Å². The third kappa shape index (κ3) is 6.63. The van der Waals surface area contributed by atoms with Crippen molar-refractivity contribution in [2.75, 3.05) is 45.9 Å². The summed E-state index contributed by atoms with van der Waals surface area (Å²) in [7, 11) is 0. The second kappa shape index (κ2) is 11.4. The molecule has 0 atom stereocenters. The van der Waals surface area contributed by atoms with Gasteiger partial charge in [0.25, 0.3) is 5.56 Å². The van der Waals surface area contributed by atoms with Crippen LogP contribution in [0.25, 0.3) is 10.9 Å². The van der Waals surface area contributed by atoms with E-state index in [1.807, 2.05) is 24.3 Å². The van der Waals surface area contributed by atoms with Gasteiger partial charge in [0, 0.05) is 43.8 Å². The number of fused-ring (bicyclic) bond motifs is 1. The number of benzene rings is 2. The SMILES string of the molecule is Cc1ccc2[nH]c(=O)c(CN(CCN3CCOCC3)C(=S)NCCc3ccccc3)cc2c1. The van der Waals surface area contributed by atoms with Crippen LogP contribution in [0.4, 0.5) is 0 Å². The zero-order chi connectivity index (χ0) is 23.0. The van der Waals surface area contributed by atoms with E-state index in [0.29, 0.717) is 11.7 Å². The summed E-state index contributed by atoms with van der Waals surface area (Å²) in [5.74, 6) is 0. The molecule has 0 unspecified atom stereocenters. The van der Waals surface area contributed by atoms with Gasteiger partial charge in [-0.15, -0.1) is 0 Å². The number of nitrogens with zero attached hydrogens (tertiary/aromatic N) is 2. The van der Waals surface area contributed by atoms with Gasteiger partial charge in [0.2, 0.25) is 0 Å². The molecule has 1 aliphatic rings. The number of rotatable bonds is 8. The zero-order valence-electron chi connectivity index (χ0n) is 19.2. The first-order valence-electron chi connectivity index (χ1n) is 11.6. The number of nitrogens with one attached hydrogen (secondary N) is 2. The Kier molecular flexibility index (Phi) is 8.10. The summed E-state index contributed by atoms with van der Waals surface area (Å²) in [6.07, 6.45) is 0.897. The van der Waals surface area contributed by atoms with Crippen LogP contribution in [0.1, 0.15) is 16.7 Å². The van der Waals surface area contributed by atoms with Gasteiger partial charge in [0.1, 0.15) is 0 Å². The normalized spacial score (nSPS) is 14.3. The summed E-state index contributed by atoms with van der Waals surface area (Å²) in [6.45, 7) is 8.31. The Morgan fingerprint density at radius 3 is 2.73 bits per heavy atom. The fraction of sp³-hybridized carbons (Fsp3) is 0.385. The van der Waals surface area contributed by atoms with Crippen LogP contribution in [0, 0.1) is 6.92 Å². The molecule has 6 nitrogen and oxygen atoms in total. The summed E-state index contributed by atoms with van der Waals surface area (Å²) in [5, 5.41) is 5.13. The van der Waals surface area contributed by atoms with Crippen LogP contribution >= 0.6 is 12.2 Å². The molecule has 2 aromatic carbocycles. The highest BCUT2D eigenvalue weighted by Gasteiger charge is 2.16. The highest BCUT2D eigenvalue weighted by atomic mass is 32.1. The lowest BCUT2D eigenvalue weighted by molar-refractivity contribution is 0.0357. The van der Waals surface area contributed by atoms with Crippen molar-refractivity contribution in [3.8, 4) is 0 Å².